The smallest absolute Gasteiger partial charge is 0.310 e. The van der Waals surface area contributed by atoms with Gasteiger partial charge < -0.3 is 19.7 Å². The van der Waals surface area contributed by atoms with Crippen LogP contribution < -0.4 is 5.32 Å². The highest BCUT2D eigenvalue weighted by atomic mass is 127. The van der Waals surface area contributed by atoms with Crippen LogP contribution in [0, 0.1) is 11.8 Å². The van der Waals surface area contributed by atoms with Crippen molar-refractivity contribution < 1.29 is 14.3 Å². The molecule has 1 atom stereocenters. The summed E-state index contributed by atoms with van der Waals surface area (Å²) in [7, 11) is 1.78. The number of nitrogens with one attached hydrogen (secondary N) is 1. The maximum Gasteiger partial charge on any atom is 0.310 e. The average Bonchev–Trinajstić information content (AvgIpc) is 2.54. The van der Waals surface area contributed by atoms with Crippen molar-refractivity contribution in [1.82, 2.24) is 10.2 Å². The predicted molar refractivity (Wildman–Crippen MR) is 108 cm³/mol. The van der Waals surface area contributed by atoms with Gasteiger partial charge in [0, 0.05) is 39.9 Å². The van der Waals surface area contributed by atoms with E-state index in [1.54, 1.807) is 7.05 Å². The molecule has 0 aromatic heterocycles. The normalized spacial score (nSPS) is 18.3. The molecule has 24 heavy (non-hydrogen) atoms. The molecule has 1 N–H and O–H groups in total. The minimum absolute atomic E-state index is 0. The third kappa shape index (κ3) is 9.05. The van der Waals surface area contributed by atoms with Gasteiger partial charge in [0.2, 0.25) is 0 Å². The zero-order valence-corrected chi connectivity index (χ0v) is 17.9. The van der Waals surface area contributed by atoms with E-state index >= 15 is 0 Å². The van der Waals surface area contributed by atoms with E-state index in [4.69, 9.17) is 9.47 Å². The number of halogens is 1. The highest BCUT2D eigenvalue weighted by Gasteiger charge is 2.28. The highest BCUT2D eigenvalue weighted by Crippen LogP contribution is 2.18. The minimum atomic E-state index is -0.0882. The molecule has 0 aliphatic carbocycles. The van der Waals surface area contributed by atoms with Crippen molar-refractivity contribution in [3.63, 3.8) is 0 Å². The van der Waals surface area contributed by atoms with Crippen molar-refractivity contribution in [2.75, 3.05) is 46.5 Å². The van der Waals surface area contributed by atoms with Gasteiger partial charge in [0.25, 0.3) is 0 Å². The van der Waals surface area contributed by atoms with Crippen molar-refractivity contribution in [2.24, 2.45) is 16.8 Å². The van der Waals surface area contributed by atoms with E-state index in [0.29, 0.717) is 19.1 Å². The van der Waals surface area contributed by atoms with Crippen LogP contribution >= 0.6 is 24.0 Å². The molecule has 0 radical (unpaired) electrons. The molecule has 0 spiro atoms. The van der Waals surface area contributed by atoms with Crippen LogP contribution in [0.3, 0.4) is 0 Å². The molecule has 1 saturated heterocycles. The van der Waals surface area contributed by atoms with Gasteiger partial charge >= 0.3 is 5.97 Å². The van der Waals surface area contributed by atoms with E-state index in [0.717, 1.165) is 51.5 Å². The third-order valence-corrected chi connectivity index (χ3v) is 3.75. The summed E-state index contributed by atoms with van der Waals surface area (Å²) in [4.78, 5) is 18.4. The first-order valence-electron chi connectivity index (χ1n) is 8.78. The number of nitrogens with zero attached hydrogens (tertiary/aromatic N) is 2. The summed E-state index contributed by atoms with van der Waals surface area (Å²) in [5, 5.41) is 3.36. The number of piperidine rings is 1. The highest BCUT2D eigenvalue weighted by molar-refractivity contribution is 14.0. The van der Waals surface area contributed by atoms with E-state index in [1.807, 2.05) is 6.92 Å². The van der Waals surface area contributed by atoms with Crippen molar-refractivity contribution in [3.05, 3.63) is 0 Å². The lowest BCUT2D eigenvalue weighted by Crippen LogP contribution is -2.48. The van der Waals surface area contributed by atoms with Crippen LogP contribution in [0.2, 0.25) is 0 Å². The van der Waals surface area contributed by atoms with Gasteiger partial charge in [0.1, 0.15) is 0 Å². The van der Waals surface area contributed by atoms with Crippen molar-refractivity contribution in [1.29, 1.82) is 0 Å². The maximum absolute atomic E-state index is 11.9. The fourth-order valence-electron chi connectivity index (χ4n) is 2.65. The average molecular weight is 455 g/mol. The summed E-state index contributed by atoms with van der Waals surface area (Å²) >= 11 is 0. The molecule has 1 rings (SSSR count). The number of aliphatic imine (C=N–C) groups is 1. The molecule has 142 valence electrons. The van der Waals surface area contributed by atoms with Crippen molar-refractivity contribution in [3.8, 4) is 0 Å². The van der Waals surface area contributed by atoms with E-state index in [2.05, 4.69) is 29.1 Å². The number of hydrogen-bond donors (Lipinski definition) is 1. The van der Waals surface area contributed by atoms with Gasteiger partial charge in [-0.25, -0.2) is 0 Å². The fourth-order valence-corrected chi connectivity index (χ4v) is 2.65. The summed E-state index contributed by atoms with van der Waals surface area (Å²) in [6.07, 6.45) is 2.83. The molecule has 0 aromatic rings. The molecular weight excluding hydrogens is 421 g/mol. The number of likely N-dealkylation sites (tertiary alicyclic amines) is 1. The molecule has 6 nitrogen and oxygen atoms in total. The van der Waals surface area contributed by atoms with E-state index < -0.39 is 0 Å². The number of carbonyl (C=O) groups is 1. The number of ether oxygens (including phenoxy) is 2. The largest absolute Gasteiger partial charge is 0.466 e. The molecule has 1 unspecified atom stereocenters. The Labute approximate surface area is 163 Å². The number of rotatable bonds is 8. The van der Waals surface area contributed by atoms with Gasteiger partial charge in [-0.2, -0.15) is 0 Å². The second-order valence-electron chi connectivity index (χ2n) is 6.33. The monoisotopic (exact) mass is 455 g/mol. The molecule has 0 bridgehead atoms. The fraction of sp³-hybridized carbons (Fsp3) is 0.882. The number of guanidine groups is 1. The molecule has 1 fully saturated rings. The zero-order valence-electron chi connectivity index (χ0n) is 15.5. The zero-order chi connectivity index (χ0) is 17.1. The second-order valence-corrected chi connectivity index (χ2v) is 6.33. The minimum Gasteiger partial charge on any atom is -0.466 e. The Morgan fingerprint density at radius 1 is 1.42 bits per heavy atom. The first kappa shape index (κ1) is 23.4. The molecular formula is C17H34IN3O3. The Kier molecular flexibility index (Phi) is 13.4. The third-order valence-electron chi connectivity index (χ3n) is 3.75. The van der Waals surface area contributed by atoms with Crippen LogP contribution in [-0.4, -0.2) is 63.3 Å². The topological polar surface area (TPSA) is 63.2 Å². The van der Waals surface area contributed by atoms with Crippen molar-refractivity contribution >= 4 is 35.9 Å². The SMILES string of the molecule is CCOC(=O)C1CCCN(C(=NC)NCCCOCC(C)C)C1.I. The van der Waals surface area contributed by atoms with Crippen LogP contribution in [0.15, 0.2) is 4.99 Å². The molecule has 0 saturated carbocycles. The first-order valence-corrected chi connectivity index (χ1v) is 8.78. The molecule has 1 aliphatic heterocycles. The summed E-state index contributed by atoms with van der Waals surface area (Å²) in [6.45, 7) is 10.6. The molecule has 0 aromatic carbocycles. The van der Waals surface area contributed by atoms with Gasteiger partial charge in [-0.05, 0) is 32.1 Å². The number of esters is 1. The van der Waals surface area contributed by atoms with Gasteiger partial charge in [-0.3, -0.25) is 9.79 Å². The van der Waals surface area contributed by atoms with Gasteiger partial charge in [0.15, 0.2) is 5.96 Å². The Morgan fingerprint density at radius 2 is 2.17 bits per heavy atom. The van der Waals surface area contributed by atoms with E-state index in [1.165, 1.54) is 0 Å². The van der Waals surface area contributed by atoms with Gasteiger partial charge in [-0.15, -0.1) is 24.0 Å². The van der Waals surface area contributed by atoms with Crippen LogP contribution in [0.25, 0.3) is 0 Å². The summed E-state index contributed by atoms with van der Waals surface area (Å²) in [6, 6.07) is 0. The van der Waals surface area contributed by atoms with Crippen LogP contribution in [0.1, 0.15) is 40.0 Å². The number of hydrogen-bond acceptors (Lipinski definition) is 4. The van der Waals surface area contributed by atoms with E-state index in [-0.39, 0.29) is 35.9 Å². The lowest BCUT2D eigenvalue weighted by molar-refractivity contribution is -0.149. The standard InChI is InChI=1S/C17H33N3O3.HI/c1-5-23-16(21)15-8-6-10-20(12-15)17(18-4)19-9-7-11-22-13-14(2)3;/h14-15H,5-13H2,1-4H3,(H,18,19);1H. The molecule has 1 aliphatic rings. The summed E-state index contributed by atoms with van der Waals surface area (Å²) in [5.41, 5.74) is 0. The Bertz CT molecular complexity index is 378. The Hall–Kier alpha value is -0.570. The quantitative estimate of drug-likeness (QED) is 0.200. The lowest BCUT2D eigenvalue weighted by atomic mass is 9.98. The summed E-state index contributed by atoms with van der Waals surface area (Å²) in [5.74, 6) is 1.30. The van der Waals surface area contributed by atoms with Gasteiger partial charge in [-0.1, -0.05) is 13.8 Å². The van der Waals surface area contributed by atoms with Gasteiger partial charge in [0.05, 0.1) is 12.5 Å². The molecule has 1 heterocycles. The van der Waals surface area contributed by atoms with Crippen LogP contribution in [0.5, 0.6) is 0 Å². The summed E-state index contributed by atoms with van der Waals surface area (Å²) < 4.78 is 10.7. The number of carbonyl (C=O) groups excluding carboxylic acids is 1. The second kappa shape index (κ2) is 13.7. The predicted octanol–water partition coefficient (Wildman–Crippen LogP) is 2.52. The molecule has 7 heteroatoms. The van der Waals surface area contributed by atoms with Crippen molar-refractivity contribution in [2.45, 2.75) is 40.0 Å². The Balaban J connectivity index is 0.00000529. The van der Waals surface area contributed by atoms with Crippen LogP contribution in [-0.2, 0) is 14.3 Å². The maximum atomic E-state index is 11.9. The first-order chi connectivity index (χ1) is 11.1. The lowest BCUT2D eigenvalue weighted by Gasteiger charge is -2.33. The van der Waals surface area contributed by atoms with Crippen LogP contribution in [0.4, 0.5) is 0 Å². The Morgan fingerprint density at radius 3 is 2.79 bits per heavy atom. The van der Waals surface area contributed by atoms with E-state index in [9.17, 15) is 4.79 Å². The molecule has 0 amide bonds.